The predicted octanol–water partition coefficient (Wildman–Crippen LogP) is 2.16. The van der Waals surface area contributed by atoms with E-state index in [9.17, 15) is 13.2 Å². The van der Waals surface area contributed by atoms with E-state index in [0.29, 0.717) is 43.3 Å². The molecule has 0 spiro atoms. The van der Waals surface area contributed by atoms with E-state index in [0.717, 1.165) is 64.2 Å². The van der Waals surface area contributed by atoms with Gasteiger partial charge in [-0.3, -0.25) is 9.48 Å². The molecule has 11 heteroatoms. The number of pyridine rings is 1. The molecular weight excluding hydrogens is 494 g/mol. The average molecular weight is 530 g/mol. The summed E-state index contributed by atoms with van der Waals surface area (Å²) in [7, 11) is -3.67. The van der Waals surface area contributed by atoms with Crippen molar-refractivity contribution in [3.05, 3.63) is 29.6 Å². The summed E-state index contributed by atoms with van der Waals surface area (Å²) in [5.74, 6) is 0.248. The van der Waals surface area contributed by atoms with Gasteiger partial charge in [0.2, 0.25) is 9.84 Å². The Balaban J connectivity index is 1.33. The number of carbonyl (C=O) groups excluding carboxylic acids is 1. The second kappa shape index (κ2) is 10.4. The zero-order chi connectivity index (χ0) is 25.4. The van der Waals surface area contributed by atoms with E-state index in [4.69, 9.17) is 14.6 Å². The van der Waals surface area contributed by atoms with Gasteiger partial charge in [0.15, 0.2) is 10.7 Å². The van der Waals surface area contributed by atoms with Gasteiger partial charge in [-0.25, -0.2) is 13.4 Å². The van der Waals surface area contributed by atoms with Crippen molar-refractivity contribution < 1.29 is 22.7 Å². The highest BCUT2D eigenvalue weighted by molar-refractivity contribution is 7.90. The number of carbonyl (C=O) groups is 1. The van der Waals surface area contributed by atoms with E-state index < -0.39 is 9.84 Å². The lowest BCUT2D eigenvalue weighted by atomic mass is 9.95. The summed E-state index contributed by atoms with van der Waals surface area (Å²) in [6.07, 6.45) is 6.93. The van der Waals surface area contributed by atoms with Gasteiger partial charge in [0.1, 0.15) is 0 Å². The van der Waals surface area contributed by atoms with Gasteiger partial charge in [0.25, 0.3) is 5.91 Å². The lowest BCUT2D eigenvalue weighted by Crippen LogP contribution is -2.41. The van der Waals surface area contributed by atoms with Crippen LogP contribution in [0.2, 0.25) is 0 Å². The van der Waals surface area contributed by atoms with Gasteiger partial charge in [-0.15, -0.1) is 0 Å². The largest absolute Gasteiger partial charge is 0.381 e. The molecule has 2 aromatic rings. The number of hydrogen-bond donors (Lipinski definition) is 0. The number of hydrogen-bond acceptors (Lipinski definition) is 8. The summed E-state index contributed by atoms with van der Waals surface area (Å²) in [5, 5.41) is 4.97. The normalized spacial score (nSPS) is 24.4. The SMILES string of the molecule is O=C(c1nn([C@@H]2CCCN(CCC3CCOCC3)C2)c2c1CS(=O)(=O)c1ncccc1-2)N1CCOCC1. The smallest absolute Gasteiger partial charge is 0.274 e. The first-order valence-corrected chi connectivity index (χ1v) is 15.1. The predicted molar refractivity (Wildman–Crippen MR) is 136 cm³/mol. The van der Waals surface area contributed by atoms with Crippen LogP contribution in [0.15, 0.2) is 23.4 Å². The Morgan fingerprint density at radius 2 is 1.84 bits per heavy atom. The van der Waals surface area contributed by atoms with Crippen molar-refractivity contribution in [2.45, 2.75) is 48.9 Å². The van der Waals surface area contributed by atoms with Gasteiger partial charge in [-0.1, -0.05) is 0 Å². The molecule has 0 unspecified atom stereocenters. The third-order valence-corrected chi connectivity index (χ3v) is 9.77. The molecule has 37 heavy (non-hydrogen) atoms. The minimum absolute atomic E-state index is 0.0669. The number of fused-ring (bicyclic) bond motifs is 3. The monoisotopic (exact) mass is 529 g/mol. The molecule has 3 fully saturated rings. The number of aromatic nitrogens is 3. The van der Waals surface area contributed by atoms with Crippen molar-refractivity contribution >= 4 is 15.7 Å². The van der Waals surface area contributed by atoms with Gasteiger partial charge in [-0.05, 0) is 63.2 Å². The molecule has 4 aliphatic heterocycles. The Labute approximate surface area is 217 Å². The maximum atomic E-state index is 13.6. The van der Waals surface area contributed by atoms with Gasteiger partial charge in [-0.2, -0.15) is 5.10 Å². The number of sulfone groups is 1. The molecule has 3 saturated heterocycles. The van der Waals surface area contributed by atoms with Crippen molar-refractivity contribution in [3.8, 4) is 11.3 Å². The van der Waals surface area contributed by atoms with Crippen molar-refractivity contribution in [3.63, 3.8) is 0 Å². The van der Waals surface area contributed by atoms with E-state index >= 15 is 0 Å². The van der Waals surface area contributed by atoms with Crippen LogP contribution in [0.3, 0.4) is 0 Å². The first kappa shape index (κ1) is 25.0. The number of piperidine rings is 1. The van der Waals surface area contributed by atoms with Crippen LogP contribution in [0.5, 0.6) is 0 Å². The van der Waals surface area contributed by atoms with Crippen LogP contribution in [0.1, 0.15) is 54.2 Å². The third kappa shape index (κ3) is 4.94. The fourth-order valence-electron chi connectivity index (χ4n) is 6.15. The second-order valence-electron chi connectivity index (χ2n) is 10.6. The number of rotatable bonds is 5. The topological polar surface area (TPSA) is 107 Å². The number of morpholine rings is 1. The summed E-state index contributed by atoms with van der Waals surface area (Å²) in [4.78, 5) is 22.1. The molecule has 2 aromatic heterocycles. The lowest BCUT2D eigenvalue weighted by molar-refractivity contribution is 0.0297. The van der Waals surface area contributed by atoms with Crippen LogP contribution in [0, 0.1) is 5.92 Å². The van der Waals surface area contributed by atoms with E-state index in [-0.39, 0.29) is 28.4 Å². The number of amides is 1. The Morgan fingerprint density at radius 1 is 1.05 bits per heavy atom. The van der Waals surface area contributed by atoms with Crippen LogP contribution >= 0.6 is 0 Å². The highest BCUT2D eigenvalue weighted by atomic mass is 32.2. The summed E-state index contributed by atoms with van der Waals surface area (Å²) >= 11 is 0. The van der Waals surface area contributed by atoms with Crippen molar-refractivity contribution in [2.24, 2.45) is 5.92 Å². The van der Waals surface area contributed by atoms with Crippen molar-refractivity contribution in [1.82, 2.24) is 24.6 Å². The lowest BCUT2D eigenvalue weighted by Gasteiger charge is -2.35. The van der Waals surface area contributed by atoms with E-state index in [1.165, 1.54) is 12.6 Å². The molecule has 1 amide bonds. The quantitative estimate of drug-likeness (QED) is 0.580. The van der Waals surface area contributed by atoms with Crippen LogP contribution in [-0.2, 0) is 25.1 Å². The van der Waals surface area contributed by atoms with Gasteiger partial charge in [0, 0.05) is 50.2 Å². The summed E-state index contributed by atoms with van der Waals surface area (Å²) in [6.45, 7) is 6.57. The fourth-order valence-corrected chi connectivity index (χ4v) is 7.67. The standard InChI is InChI=1S/C26H35N5O5S/c32-26(30-11-15-36-16-12-30)23-22-18-37(33,34)25-21(4-1-8-27-25)24(22)31(28-23)20-3-2-9-29(17-20)10-5-19-6-13-35-14-7-19/h1,4,8,19-20H,2-3,5-7,9-18H2/t20-/m1/s1. The molecule has 1 atom stereocenters. The summed E-state index contributed by atoms with van der Waals surface area (Å²) in [6, 6.07) is 3.62. The van der Waals surface area contributed by atoms with E-state index in [1.54, 1.807) is 17.0 Å². The van der Waals surface area contributed by atoms with Gasteiger partial charge in [0.05, 0.1) is 30.7 Å². The summed E-state index contributed by atoms with van der Waals surface area (Å²) in [5.41, 5.74) is 2.06. The molecule has 6 heterocycles. The minimum Gasteiger partial charge on any atom is -0.381 e. The first-order valence-electron chi connectivity index (χ1n) is 13.5. The second-order valence-corrected chi connectivity index (χ2v) is 12.5. The fraction of sp³-hybridized carbons (Fsp3) is 0.654. The van der Waals surface area contributed by atoms with Gasteiger partial charge >= 0.3 is 0 Å². The maximum absolute atomic E-state index is 13.6. The number of ether oxygens (including phenoxy) is 2. The molecule has 0 radical (unpaired) electrons. The zero-order valence-corrected chi connectivity index (χ0v) is 22.0. The first-order chi connectivity index (χ1) is 18.0. The molecule has 0 N–H and O–H groups in total. The van der Waals surface area contributed by atoms with Crippen LogP contribution in [0.25, 0.3) is 11.3 Å². The molecule has 6 rings (SSSR count). The molecule has 0 aliphatic carbocycles. The van der Waals surface area contributed by atoms with Crippen LogP contribution < -0.4 is 0 Å². The molecule has 200 valence electrons. The van der Waals surface area contributed by atoms with Crippen molar-refractivity contribution in [1.29, 1.82) is 0 Å². The maximum Gasteiger partial charge on any atom is 0.274 e. The molecule has 10 nitrogen and oxygen atoms in total. The third-order valence-electron chi connectivity index (χ3n) is 8.19. The molecule has 0 aromatic carbocycles. The highest BCUT2D eigenvalue weighted by Gasteiger charge is 2.39. The highest BCUT2D eigenvalue weighted by Crippen LogP contribution is 2.41. The average Bonchev–Trinajstić information content (AvgIpc) is 3.31. The Morgan fingerprint density at radius 3 is 2.65 bits per heavy atom. The van der Waals surface area contributed by atoms with Crippen LogP contribution in [0.4, 0.5) is 0 Å². The summed E-state index contributed by atoms with van der Waals surface area (Å²) < 4.78 is 39.3. The molecule has 0 saturated carbocycles. The Bertz CT molecular complexity index is 1250. The zero-order valence-electron chi connectivity index (χ0n) is 21.2. The van der Waals surface area contributed by atoms with Crippen LogP contribution in [-0.4, -0.2) is 98.0 Å². The Hall–Kier alpha value is -2.34. The Kier molecular flexibility index (Phi) is 7.04. The van der Waals surface area contributed by atoms with E-state index in [2.05, 4.69) is 9.88 Å². The number of nitrogens with zero attached hydrogens (tertiary/aromatic N) is 5. The van der Waals surface area contributed by atoms with Crippen molar-refractivity contribution in [2.75, 3.05) is 59.2 Å². The molecule has 4 aliphatic rings. The van der Waals surface area contributed by atoms with E-state index in [1.807, 2.05) is 4.68 Å². The minimum atomic E-state index is -3.67. The molecule has 0 bridgehead atoms. The number of likely N-dealkylation sites (tertiary alicyclic amines) is 1. The molecular formula is C26H35N5O5S. The van der Waals surface area contributed by atoms with Gasteiger partial charge < -0.3 is 19.3 Å².